The van der Waals surface area contributed by atoms with Gasteiger partial charge in [0.1, 0.15) is 10.7 Å². The van der Waals surface area contributed by atoms with Gasteiger partial charge in [-0.2, -0.15) is 0 Å². The van der Waals surface area contributed by atoms with Crippen LogP contribution in [0, 0.1) is 11.8 Å². The second kappa shape index (κ2) is 8.05. The molecule has 2 aliphatic rings. The van der Waals surface area contributed by atoms with E-state index in [9.17, 15) is 9.59 Å². The standard InChI is InChI=1S/C19H30N4O2S/c1-13(2)16-10-22(8-7-18(24)23(16)9-14-5-6-14)19(25)15-12-26-17(20-15)11-21(3)4/h12-14,16H,5-11H2,1-4H3. The van der Waals surface area contributed by atoms with Crippen LogP contribution in [0.25, 0.3) is 0 Å². The first-order chi connectivity index (χ1) is 12.3. The number of hydrogen-bond acceptors (Lipinski definition) is 5. The van der Waals surface area contributed by atoms with Crippen LogP contribution >= 0.6 is 11.3 Å². The summed E-state index contributed by atoms with van der Waals surface area (Å²) in [6, 6.07) is 0.0921. The van der Waals surface area contributed by atoms with Gasteiger partial charge in [-0.25, -0.2) is 4.98 Å². The molecule has 2 heterocycles. The maximum atomic E-state index is 13.0. The molecule has 1 aliphatic heterocycles. The fourth-order valence-corrected chi connectivity index (χ4v) is 4.35. The topological polar surface area (TPSA) is 56.8 Å². The van der Waals surface area contributed by atoms with E-state index in [-0.39, 0.29) is 17.9 Å². The highest BCUT2D eigenvalue weighted by Crippen LogP contribution is 2.32. The molecule has 0 N–H and O–H groups in total. The maximum absolute atomic E-state index is 13.0. The van der Waals surface area contributed by atoms with Crippen LogP contribution in [-0.2, 0) is 11.3 Å². The summed E-state index contributed by atoms with van der Waals surface area (Å²) in [7, 11) is 3.98. The Balaban J connectivity index is 1.73. The number of thiazole rings is 1. The Morgan fingerprint density at radius 3 is 2.73 bits per heavy atom. The van der Waals surface area contributed by atoms with Crippen LogP contribution < -0.4 is 0 Å². The van der Waals surface area contributed by atoms with Crippen molar-refractivity contribution in [1.29, 1.82) is 0 Å². The zero-order chi connectivity index (χ0) is 18.8. The average molecular weight is 379 g/mol. The first kappa shape index (κ1) is 19.3. The minimum Gasteiger partial charge on any atom is -0.337 e. The van der Waals surface area contributed by atoms with Gasteiger partial charge in [-0.1, -0.05) is 13.8 Å². The molecular weight excluding hydrogens is 348 g/mol. The molecule has 26 heavy (non-hydrogen) atoms. The summed E-state index contributed by atoms with van der Waals surface area (Å²) in [4.78, 5) is 36.1. The molecule has 0 radical (unpaired) electrons. The summed E-state index contributed by atoms with van der Waals surface area (Å²) in [5, 5.41) is 2.79. The Labute approximate surface area is 160 Å². The molecule has 1 aliphatic carbocycles. The van der Waals surface area contributed by atoms with Crippen molar-refractivity contribution in [3.05, 3.63) is 16.1 Å². The van der Waals surface area contributed by atoms with Crippen molar-refractivity contribution in [2.24, 2.45) is 11.8 Å². The zero-order valence-corrected chi connectivity index (χ0v) is 17.1. The van der Waals surface area contributed by atoms with Crippen LogP contribution in [0.5, 0.6) is 0 Å². The molecule has 1 unspecified atom stereocenters. The third kappa shape index (κ3) is 4.62. The first-order valence-corrected chi connectivity index (χ1v) is 10.4. The van der Waals surface area contributed by atoms with Crippen molar-refractivity contribution in [3.8, 4) is 0 Å². The number of aromatic nitrogens is 1. The lowest BCUT2D eigenvalue weighted by Crippen LogP contribution is -2.48. The fourth-order valence-electron chi connectivity index (χ4n) is 3.46. The number of hydrogen-bond donors (Lipinski definition) is 0. The average Bonchev–Trinajstić information content (AvgIpc) is 3.31. The number of nitrogens with zero attached hydrogens (tertiary/aromatic N) is 4. The molecule has 6 nitrogen and oxygen atoms in total. The van der Waals surface area contributed by atoms with E-state index >= 15 is 0 Å². The minimum atomic E-state index is -0.0435. The third-order valence-corrected chi connectivity index (χ3v) is 5.99. The summed E-state index contributed by atoms with van der Waals surface area (Å²) in [6.07, 6.45) is 2.87. The highest BCUT2D eigenvalue weighted by Gasteiger charge is 2.37. The summed E-state index contributed by atoms with van der Waals surface area (Å²) >= 11 is 1.52. The summed E-state index contributed by atoms with van der Waals surface area (Å²) in [5.41, 5.74) is 0.512. The second-order valence-electron chi connectivity index (χ2n) is 8.17. The van der Waals surface area contributed by atoms with Gasteiger partial charge in [-0.3, -0.25) is 9.59 Å². The summed E-state index contributed by atoms with van der Waals surface area (Å²) in [5.74, 6) is 1.14. The smallest absolute Gasteiger partial charge is 0.273 e. The van der Waals surface area contributed by atoms with Crippen LogP contribution in [0.1, 0.15) is 48.6 Å². The SMILES string of the molecule is CC(C)C1CN(C(=O)c2csc(CN(C)C)n2)CCC(=O)N1CC1CC1. The van der Waals surface area contributed by atoms with Gasteiger partial charge in [0.05, 0.1) is 6.04 Å². The monoisotopic (exact) mass is 378 g/mol. The summed E-state index contributed by atoms with van der Waals surface area (Å²) < 4.78 is 0. The van der Waals surface area contributed by atoms with E-state index in [1.165, 1.54) is 24.2 Å². The van der Waals surface area contributed by atoms with Gasteiger partial charge in [0.25, 0.3) is 5.91 Å². The number of rotatable bonds is 6. The lowest BCUT2D eigenvalue weighted by Gasteiger charge is -2.34. The van der Waals surface area contributed by atoms with E-state index in [0.717, 1.165) is 18.1 Å². The molecule has 2 amide bonds. The lowest BCUT2D eigenvalue weighted by atomic mass is 10.0. The van der Waals surface area contributed by atoms with Crippen molar-refractivity contribution in [2.75, 3.05) is 33.7 Å². The third-order valence-electron chi connectivity index (χ3n) is 5.15. The minimum absolute atomic E-state index is 0.0435. The molecule has 0 spiro atoms. The van der Waals surface area contributed by atoms with Gasteiger partial charge < -0.3 is 14.7 Å². The van der Waals surface area contributed by atoms with Gasteiger partial charge in [0, 0.05) is 38.0 Å². The normalized spacial score (nSPS) is 21.6. The largest absolute Gasteiger partial charge is 0.337 e. The van der Waals surface area contributed by atoms with Gasteiger partial charge >= 0.3 is 0 Å². The Bertz CT molecular complexity index is 654. The molecule has 1 aromatic rings. The van der Waals surface area contributed by atoms with E-state index in [4.69, 9.17) is 0 Å². The molecule has 0 aromatic carbocycles. The number of amides is 2. The predicted molar refractivity (Wildman–Crippen MR) is 103 cm³/mol. The second-order valence-corrected chi connectivity index (χ2v) is 9.11. The molecule has 1 saturated carbocycles. The van der Waals surface area contributed by atoms with Crippen molar-refractivity contribution >= 4 is 23.2 Å². The van der Waals surface area contributed by atoms with E-state index < -0.39 is 0 Å². The van der Waals surface area contributed by atoms with E-state index in [1.807, 2.05) is 34.2 Å². The van der Waals surface area contributed by atoms with Crippen LogP contribution in [0.2, 0.25) is 0 Å². The Morgan fingerprint density at radius 1 is 1.38 bits per heavy atom. The van der Waals surface area contributed by atoms with Gasteiger partial charge in [-0.15, -0.1) is 11.3 Å². The Hall–Kier alpha value is -1.47. The molecule has 1 aromatic heterocycles. The van der Waals surface area contributed by atoms with Crippen LogP contribution in [0.15, 0.2) is 5.38 Å². The van der Waals surface area contributed by atoms with Gasteiger partial charge in [0.15, 0.2) is 0 Å². The fraction of sp³-hybridized carbons (Fsp3) is 0.737. The Morgan fingerprint density at radius 2 is 2.12 bits per heavy atom. The van der Waals surface area contributed by atoms with E-state index in [1.54, 1.807) is 0 Å². The predicted octanol–water partition coefficient (Wildman–Crippen LogP) is 2.31. The van der Waals surface area contributed by atoms with Crippen LogP contribution in [0.4, 0.5) is 0 Å². The number of carbonyl (C=O) groups excluding carboxylic acids is 2. The van der Waals surface area contributed by atoms with Crippen molar-refractivity contribution in [1.82, 2.24) is 19.7 Å². The molecule has 2 fully saturated rings. The van der Waals surface area contributed by atoms with E-state index in [0.29, 0.717) is 37.0 Å². The lowest BCUT2D eigenvalue weighted by molar-refractivity contribution is -0.133. The first-order valence-electron chi connectivity index (χ1n) is 9.53. The molecular formula is C19H30N4O2S. The molecule has 144 valence electrons. The molecule has 1 saturated heterocycles. The molecule has 3 rings (SSSR count). The zero-order valence-electron chi connectivity index (χ0n) is 16.3. The van der Waals surface area contributed by atoms with Crippen LogP contribution in [-0.4, -0.2) is 71.3 Å². The highest BCUT2D eigenvalue weighted by atomic mass is 32.1. The van der Waals surface area contributed by atoms with Crippen LogP contribution in [0.3, 0.4) is 0 Å². The van der Waals surface area contributed by atoms with Gasteiger partial charge in [0.2, 0.25) is 5.91 Å². The number of carbonyl (C=O) groups is 2. The molecule has 1 atom stereocenters. The molecule has 0 bridgehead atoms. The Kier molecular flexibility index (Phi) is 5.97. The maximum Gasteiger partial charge on any atom is 0.273 e. The van der Waals surface area contributed by atoms with E-state index in [2.05, 4.69) is 18.8 Å². The van der Waals surface area contributed by atoms with Gasteiger partial charge in [-0.05, 0) is 38.8 Å². The van der Waals surface area contributed by atoms with Crippen molar-refractivity contribution in [3.63, 3.8) is 0 Å². The quantitative estimate of drug-likeness (QED) is 0.762. The highest BCUT2D eigenvalue weighted by molar-refractivity contribution is 7.09. The van der Waals surface area contributed by atoms with Crippen molar-refractivity contribution in [2.45, 2.75) is 45.7 Å². The molecule has 7 heteroatoms. The summed E-state index contributed by atoms with van der Waals surface area (Å²) in [6.45, 7) is 6.97. The van der Waals surface area contributed by atoms with Crippen molar-refractivity contribution < 1.29 is 9.59 Å².